The van der Waals surface area contributed by atoms with Crippen molar-refractivity contribution in [1.82, 2.24) is 4.31 Å². The molecule has 0 saturated carbocycles. The maximum atomic E-state index is 12.9. The fraction of sp³-hybridized carbons (Fsp3) is 0.300. The number of ether oxygens (including phenoxy) is 2. The Morgan fingerprint density at radius 2 is 1.71 bits per heavy atom. The van der Waals surface area contributed by atoms with Crippen molar-refractivity contribution < 1.29 is 27.5 Å². The highest BCUT2D eigenvalue weighted by Crippen LogP contribution is 2.34. The van der Waals surface area contributed by atoms with Gasteiger partial charge in [0.05, 0.1) is 11.5 Å². The minimum atomic E-state index is -4.17. The smallest absolute Gasteiger partial charge is 0.331 e. The first-order valence-electron chi connectivity index (χ1n) is 8.85. The Morgan fingerprint density at radius 1 is 1.07 bits per heavy atom. The molecule has 2 aromatic rings. The maximum Gasteiger partial charge on any atom is 0.331 e. The molecule has 0 aromatic heterocycles. The van der Waals surface area contributed by atoms with Gasteiger partial charge in [0.1, 0.15) is 18.3 Å². The van der Waals surface area contributed by atoms with Crippen LogP contribution in [0.25, 0.3) is 0 Å². The highest BCUT2D eigenvalue weighted by molar-refractivity contribution is 7.89. The second-order valence-electron chi connectivity index (χ2n) is 6.38. The van der Waals surface area contributed by atoms with E-state index in [0.717, 1.165) is 5.56 Å². The van der Waals surface area contributed by atoms with Crippen LogP contribution in [-0.4, -0.2) is 43.9 Å². The number of hydrogen-bond acceptors (Lipinski definition) is 6. The molecule has 1 aliphatic rings. The van der Waals surface area contributed by atoms with E-state index in [1.165, 1.54) is 12.1 Å². The SMILES string of the molecule is CCOC(=O)[C@H]1[C@@H](COc2ccccc2)C(=O)N1S(=O)(=O)c1ccc(C)cc1. The summed E-state index contributed by atoms with van der Waals surface area (Å²) in [7, 11) is -4.17. The van der Waals surface area contributed by atoms with E-state index in [9.17, 15) is 18.0 Å². The van der Waals surface area contributed by atoms with Crippen molar-refractivity contribution in [3.05, 3.63) is 60.2 Å². The Morgan fingerprint density at radius 3 is 2.32 bits per heavy atom. The number of hydrogen-bond donors (Lipinski definition) is 0. The number of nitrogens with zero attached hydrogens (tertiary/aromatic N) is 1. The molecule has 0 unspecified atom stereocenters. The van der Waals surface area contributed by atoms with Crippen LogP contribution in [0.1, 0.15) is 12.5 Å². The van der Waals surface area contributed by atoms with Gasteiger partial charge in [-0.25, -0.2) is 17.5 Å². The van der Waals surface area contributed by atoms with Gasteiger partial charge in [0, 0.05) is 0 Å². The van der Waals surface area contributed by atoms with Gasteiger partial charge < -0.3 is 9.47 Å². The summed E-state index contributed by atoms with van der Waals surface area (Å²) in [6.07, 6.45) is 0. The van der Waals surface area contributed by atoms with E-state index in [1.807, 2.05) is 13.0 Å². The maximum absolute atomic E-state index is 12.9. The van der Waals surface area contributed by atoms with E-state index in [4.69, 9.17) is 9.47 Å². The molecule has 2 atom stereocenters. The minimum Gasteiger partial charge on any atom is -0.493 e. The zero-order chi connectivity index (χ0) is 20.3. The highest BCUT2D eigenvalue weighted by atomic mass is 32.2. The first kappa shape index (κ1) is 19.9. The van der Waals surface area contributed by atoms with Gasteiger partial charge in [0.25, 0.3) is 10.0 Å². The summed E-state index contributed by atoms with van der Waals surface area (Å²) in [4.78, 5) is 25.0. The second-order valence-corrected chi connectivity index (χ2v) is 8.19. The summed E-state index contributed by atoms with van der Waals surface area (Å²) in [6.45, 7) is 3.40. The number of rotatable bonds is 7. The fourth-order valence-electron chi connectivity index (χ4n) is 2.96. The lowest BCUT2D eigenvalue weighted by Crippen LogP contribution is -2.67. The lowest BCUT2D eigenvalue weighted by atomic mass is 9.91. The number of aryl methyl sites for hydroxylation is 1. The molecule has 1 heterocycles. The monoisotopic (exact) mass is 403 g/mol. The molecule has 0 N–H and O–H groups in total. The molecule has 28 heavy (non-hydrogen) atoms. The van der Waals surface area contributed by atoms with Crippen LogP contribution in [0.3, 0.4) is 0 Å². The summed E-state index contributed by atoms with van der Waals surface area (Å²) in [5.41, 5.74) is 0.880. The predicted octanol–water partition coefficient (Wildman–Crippen LogP) is 2.15. The van der Waals surface area contributed by atoms with Gasteiger partial charge in [-0.3, -0.25) is 4.79 Å². The molecule has 7 nitrogen and oxygen atoms in total. The van der Waals surface area contributed by atoms with Crippen molar-refractivity contribution in [3.63, 3.8) is 0 Å². The standard InChI is InChI=1S/C20H21NO6S/c1-3-26-20(23)18-17(13-27-15-7-5-4-6-8-15)19(22)21(18)28(24,25)16-11-9-14(2)10-12-16/h4-12,17-18H,3,13H2,1-2H3/t17-,18-/m1/s1. The molecular weight excluding hydrogens is 382 g/mol. The summed E-state index contributed by atoms with van der Waals surface area (Å²) >= 11 is 0. The lowest BCUT2D eigenvalue weighted by Gasteiger charge is -2.43. The Labute approximate surface area is 163 Å². The van der Waals surface area contributed by atoms with Gasteiger partial charge in [-0.2, -0.15) is 0 Å². The first-order chi connectivity index (χ1) is 13.4. The Hall–Kier alpha value is -2.87. The number of esters is 1. The van der Waals surface area contributed by atoms with Crippen LogP contribution in [-0.2, 0) is 24.3 Å². The van der Waals surface area contributed by atoms with Crippen LogP contribution in [0.4, 0.5) is 0 Å². The van der Waals surface area contributed by atoms with Crippen LogP contribution >= 0.6 is 0 Å². The topological polar surface area (TPSA) is 90.0 Å². The van der Waals surface area contributed by atoms with Crippen LogP contribution in [0.15, 0.2) is 59.5 Å². The fourth-order valence-corrected chi connectivity index (χ4v) is 4.57. The van der Waals surface area contributed by atoms with E-state index >= 15 is 0 Å². The molecule has 0 spiro atoms. The normalized spacial score (nSPS) is 19.1. The van der Waals surface area contributed by atoms with Crippen LogP contribution < -0.4 is 4.74 Å². The van der Waals surface area contributed by atoms with Gasteiger partial charge >= 0.3 is 5.97 Å². The predicted molar refractivity (Wildman–Crippen MR) is 101 cm³/mol. The van der Waals surface area contributed by atoms with E-state index in [1.54, 1.807) is 43.3 Å². The molecule has 0 radical (unpaired) electrons. The third-order valence-electron chi connectivity index (χ3n) is 4.45. The van der Waals surface area contributed by atoms with Crippen LogP contribution in [0, 0.1) is 12.8 Å². The van der Waals surface area contributed by atoms with Gasteiger partial charge in [0.15, 0.2) is 6.04 Å². The van der Waals surface area contributed by atoms with Crippen LogP contribution in [0.5, 0.6) is 5.75 Å². The van der Waals surface area contributed by atoms with Crippen molar-refractivity contribution in [2.75, 3.05) is 13.2 Å². The van der Waals surface area contributed by atoms with Gasteiger partial charge in [-0.05, 0) is 38.1 Å². The number of sulfonamides is 1. The minimum absolute atomic E-state index is 0.0526. The van der Waals surface area contributed by atoms with Gasteiger partial charge in [0.2, 0.25) is 5.91 Å². The number of carbonyl (C=O) groups excluding carboxylic acids is 2. The molecule has 0 bridgehead atoms. The summed E-state index contributed by atoms with van der Waals surface area (Å²) < 4.78 is 37.0. The third kappa shape index (κ3) is 3.73. The second kappa shape index (κ2) is 8.02. The molecule has 1 fully saturated rings. The number of β-lactam (4-membered cyclic amide) rings is 1. The van der Waals surface area contributed by atoms with Gasteiger partial charge in [-0.15, -0.1) is 0 Å². The molecule has 3 rings (SSSR count). The highest BCUT2D eigenvalue weighted by Gasteiger charge is 2.58. The average molecular weight is 403 g/mol. The number of benzene rings is 2. The third-order valence-corrected chi connectivity index (χ3v) is 6.24. The molecule has 2 aromatic carbocycles. The van der Waals surface area contributed by atoms with E-state index in [0.29, 0.717) is 10.1 Å². The van der Waals surface area contributed by atoms with E-state index in [-0.39, 0.29) is 18.1 Å². The molecule has 1 saturated heterocycles. The summed E-state index contributed by atoms with van der Waals surface area (Å²) in [5.74, 6) is -1.86. The molecular formula is C20H21NO6S. The van der Waals surface area contributed by atoms with Crippen molar-refractivity contribution >= 4 is 21.9 Å². The Bertz CT molecular complexity index is 956. The summed E-state index contributed by atoms with van der Waals surface area (Å²) in [6, 6.07) is 13.6. The Kier molecular flexibility index (Phi) is 5.69. The van der Waals surface area contributed by atoms with E-state index < -0.39 is 33.9 Å². The molecule has 1 amide bonds. The lowest BCUT2D eigenvalue weighted by molar-refractivity contribution is -0.167. The van der Waals surface area contributed by atoms with Crippen molar-refractivity contribution in [2.45, 2.75) is 24.8 Å². The summed E-state index contributed by atoms with van der Waals surface area (Å²) in [5, 5.41) is 0. The first-order valence-corrected chi connectivity index (χ1v) is 10.3. The number of carbonyl (C=O) groups is 2. The average Bonchev–Trinajstić information content (AvgIpc) is 2.67. The molecule has 148 valence electrons. The number of para-hydroxylation sites is 1. The molecule has 1 aliphatic heterocycles. The van der Waals surface area contributed by atoms with Gasteiger partial charge in [-0.1, -0.05) is 35.9 Å². The quantitative estimate of drug-likeness (QED) is 0.520. The zero-order valence-electron chi connectivity index (χ0n) is 15.6. The Balaban J connectivity index is 1.85. The largest absolute Gasteiger partial charge is 0.493 e. The zero-order valence-corrected chi connectivity index (χ0v) is 16.4. The molecule has 0 aliphatic carbocycles. The molecule has 8 heteroatoms. The van der Waals surface area contributed by atoms with Crippen molar-refractivity contribution in [1.29, 1.82) is 0 Å². The van der Waals surface area contributed by atoms with Crippen LogP contribution in [0.2, 0.25) is 0 Å². The van der Waals surface area contributed by atoms with Crippen molar-refractivity contribution in [2.24, 2.45) is 5.92 Å². The number of amides is 1. The van der Waals surface area contributed by atoms with E-state index in [2.05, 4.69) is 0 Å². The van der Waals surface area contributed by atoms with Crippen molar-refractivity contribution in [3.8, 4) is 5.75 Å².